The molecule has 3 saturated carbocycles. The molecule has 0 aromatic rings. The SMILES string of the molecule is CC(CN1CCC(OC(F)(F)F)C1)[C@H]1CC[C@H]2C(=CC=C3C[C@@H](O)C[C@@H](O)C3)CCC[C@]12C. The highest BCUT2D eigenvalue weighted by Crippen LogP contribution is 2.59. The summed E-state index contributed by atoms with van der Waals surface area (Å²) in [5.41, 5.74) is 2.86. The maximum Gasteiger partial charge on any atom is 0.522 e. The van der Waals surface area contributed by atoms with E-state index in [1.807, 2.05) is 0 Å². The molecule has 0 radical (unpaired) electrons. The minimum atomic E-state index is -4.55. The molecule has 1 heterocycles. The molecule has 2 unspecified atom stereocenters. The van der Waals surface area contributed by atoms with Crippen molar-refractivity contribution in [2.75, 3.05) is 19.6 Å². The molecule has 0 aromatic heterocycles. The van der Waals surface area contributed by atoms with Crippen LogP contribution < -0.4 is 0 Å². The lowest BCUT2D eigenvalue weighted by Gasteiger charge is -2.45. The Bertz CT molecular complexity index is 740. The Labute approximate surface area is 195 Å². The van der Waals surface area contributed by atoms with Crippen LogP contribution in [0.15, 0.2) is 23.3 Å². The van der Waals surface area contributed by atoms with Crippen LogP contribution in [-0.4, -0.2) is 59.4 Å². The number of rotatable bonds is 5. The third-order valence-corrected chi connectivity index (χ3v) is 8.87. The number of likely N-dealkylation sites (tertiary alicyclic amines) is 1. The van der Waals surface area contributed by atoms with Crippen LogP contribution in [0.25, 0.3) is 0 Å². The lowest BCUT2D eigenvalue weighted by atomic mass is 9.61. The van der Waals surface area contributed by atoms with Gasteiger partial charge in [0, 0.05) is 19.6 Å². The first-order valence-corrected chi connectivity index (χ1v) is 12.7. The number of hydrogen-bond acceptors (Lipinski definition) is 4. The molecular formula is C26H40F3NO3. The van der Waals surface area contributed by atoms with Crippen LogP contribution in [0.1, 0.15) is 71.6 Å². The van der Waals surface area contributed by atoms with Gasteiger partial charge in [-0.25, -0.2) is 0 Å². The summed E-state index contributed by atoms with van der Waals surface area (Å²) in [6.45, 7) is 6.59. The van der Waals surface area contributed by atoms with Crippen LogP contribution in [0.4, 0.5) is 13.2 Å². The molecule has 1 aliphatic heterocycles. The first kappa shape index (κ1) is 25.2. The van der Waals surface area contributed by atoms with Crippen molar-refractivity contribution in [2.45, 2.75) is 96.3 Å². The van der Waals surface area contributed by atoms with E-state index in [0.717, 1.165) is 18.5 Å². The molecule has 1 saturated heterocycles. The summed E-state index contributed by atoms with van der Waals surface area (Å²) < 4.78 is 41.9. The van der Waals surface area contributed by atoms with Crippen molar-refractivity contribution in [2.24, 2.45) is 23.2 Å². The normalized spacial score (nSPS) is 41.6. The summed E-state index contributed by atoms with van der Waals surface area (Å²) in [6, 6.07) is 0. The number of alkyl halides is 3. The summed E-state index contributed by atoms with van der Waals surface area (Å²) in [6.07, 6.45) is 6.28. The van der Waals surface area contributed by atoms with E-state index in [2.05, 4.69) is 35.6 Å². The minimum Gasteiger partial charge on any atom is -0.393 e. The van der Waals surface area contributed by atoms with E-state index in [-0.39, 0.29) is 5.41 Å². The molecule has 0 aromatic carbocycles. The van der Waals surface area contributed by atoms with Crippen molar-refractivity contribution in [3.8, 4) is 0 Å². The summed E-state index contributed by atoms with van der Waals surface area (Å²) in [4.78, 5) is 2.15. The molecule has 4 rings (SSSR count). The van der Waals surface area contributed by atoms with E-state index in [9.17, 15) is 23.4 Å². The summed E-state index contributed by atoms with van der Waals surface area (Å²) in [5.74, 6) is 1.56. The number of fused-ring (bicyclic) bond motifs is 1. The summed E-state index contributed by atoms with van der Waals surface area (Å²) >= 11 is 0. The lowest BCUT2D eigenvalue weighted by molar-refractivity contribution is -0.340. The van der Waals surface area contributed by atoms with Crippen LogP contribution in [0.2, 0.25) is 0 Å². The average Bonchev–Trinajstić information content (AvgIpc) is 3.27. The molecule has 0 spiro atoms. The Hall–Kier alpha value is -0.890. The second-order valence-corrected chi connectivity index (χ2v) is 11.3. The first-order valence-electron chi connectivity index (χ1n) is 12.7. The molecule has 4 nitrogen and oxygen atoms in total. The molecule has 7 heteroatoms. The number of nitrogens with zero attached hydrogens (tertiary/aromatic N) is 1. The Balaban J connectivity index is 1.38. The Morgan fingerprint density at radius 3 is 2.58 bits per heavy atom. The molecule has 4 aliphatic rings. The van der Waals surface area contributed by atoms with Crippen LogP contribution in [0.3, 0.4) is 0 Å². The molecule has 188 valence electrons. The molecule has 0 amide bonds. The fraction of sp³-hybridized carbons (Fsp3) is 0.846. The van der Waals surface area contributed by atoms with Crippen LogP contribution in [0.5, 0.6) is 0 Å². The third kappa shape index (κ3) is 6.03. The lowest BCUT2D eigenvalue weighted by Crippen LogP contribution is -2.39. The van der Waals surface area contributed by atoms with E-state index in [0.29, 0.717) is 56.5 Å². The van der Waals surface area contributed by atoms with Gasteiger partial charge in [0.2, 0.25) is 0 Å². The Morgan fingerprint density at radius 2 is 1.88 bits per heavy atom. The number of aliphatic hydroxyl groups is 2. The van der Waals surface area contributed by atoms with Crippen molar-refractivity contribution in [3.63, 3.8) is 0 Å². The fourth-order valence-electron chi connectivity index (χ4n) is 7.53. The zero-order valence-electron chi connectivity index (χ0n) is 20.0. The van der Waals surface area contributed by atoms with Gasteiger partial charge in [-0.15, -0.1) is 13.2 Å². The number of halogens is 3. The molecule has 3 aliphatic carbocycles. The molecule has 7 atom stereocenters. The second-order valence-electron chi connectivity index (χ2n) is 11.3. The largest absolute Gasteiger partial charge is 0.522 e. The van der Waals surface area contributed by atoms with Crippen molar-refractivity contribution in [3.05, 3.63) is 23.3 Å². The van der Waals surface area contributed by atoms with Gasteiger partial charge in [0.05, 0.1) is 18.3 Å². The maximum atomic E-state index is 12.6. The monoisotopic (exact) mass is 471 g/mol. The van der Waals surface area contributed by atoms with Crippen molar-refractivity contribution in [1.82, 2.24) is 4.90 Å². The third-order valence-electron chi connectivity index (χ3n) is 8.87. The summed E-state index contributed by atoms with van der Waals surface area (Å²) in [5, 5.41) is 19.9. The molecular weight excluding hydrogens is 431 g/mol. The van der Waals surface area contributed by atoms with E-state index in [1.165, 1.54) is 31.3 Å². The van der Waals surface area contributed by atoms with Crippen molar-refractivity contribution in [1.29, 1.82) is 0 Å². The number of hydrogen-bond donors (Lipinski definition) is 2. The van der Waals surface area contributed by atoms with Gasteiger partial charge < -0.3 is 15.1 Å². The van der Waals surface area contributed by atoms with Gasteiger partial charge in [-0.1, -0.05) is 37.1 Å². The van der Waals surface area contributed by atoms with Crippen LogP contribution in [0, 0.1) is 23.2 Å². The number of aliphatic hydroxyl groups excluding tert-OH is 2. The second kappa shape index (κ2) is 10.00. The van der Waals surface area contributed by atoms with Gasteiger partial charge in [-0.3, -0.25) is 4.74 Å². The van der Waals surface area contributed by atoms with Gasteiger partial charge in [-0.05, 0) is 81.0 Å². The Morgan fingerprint density at radius 1 is 1.15 bits per heavy atom. The Kier molecular flexibility index (Phi) is 7.64. The average molecular weight is 472 g/mol. The highest BCUT2D eigenvalue weighted by Gasteiger charge is 2.51. The quantitative estimate of drug-likeness (QED) is 0.578. The minimum absolute atomic E-state index is 0.231. The van der Waals surface area contributed by atoms with Crippen molar-refractivity contribution >= 4 is 0 Å². The zero-order chi connectivity index (χ0) is 23.8. The van der Waals surface area contributed by atoms with Gasteiger partial charge in [-0.2, -0.15) is 0 Å². The van der Waals surface area contributed by atoms with E-state index < -0.39 is 24.7 Å². The standard InChI is InChI=1S/C26H40F3NO3/c1-17(15-30-11-9-22(16-30)33-26(27,28)29)23-7-8-24-19(4-3-10-25(23,24)2)6-5-18-12-20(31)14-21(32)13-18/h5-6,17,20-24,31-32H,3-4,7-16H2,1-2H3/t17?,20-,21+,22?,23-,24+,25-/m1/s1. The van der Waals surface area contributed by atoms with Gasteiger partial charge in [0.15, 0.2) is 0 Å². The zero-order valence-corrected chi connectivity index (χ0v) is 20.0. The number of allylic oxidation sites excluding steroid dienone is 3. The predicted molar refractivity (Wildman–Crippen MR) is 121 cm³/mol. The van der Waals surface area contributed by atoms with Crippen molar-refractivity contribution < 1.29 is 28.1 Å². The molecule has 2 N–H and O–H groups in total. The topological polar surface area (TPSA) is 52.9 Å². The highest BCUT2D eigenvalue weighted by atomic mass is 19.4. The maximum absolute atomic E-state index is 12.6. The first-order chi connectivity index (χ1) is 15.5. The molecule has 4 fully saturated rings. The molecule has 0 bridgehead atoms. The van der Waals surface area contributed by atoms with Crippen LogP contribution in [-0.2, 0) is 4.74 Å². The van der Waals surface area contributed by atoms with Crippen LogP contribution >= 0.6 is 0 Å². The fourth-order valence-corrected chi connectivity index (χ4v) is 7.53. The smallest absolute Gasteiger partial charge is 0.393 e. The highest BCUT2D eigenvalue weighted by molar-refractivity contribution is 5.26. The van der Waals surface area contributed by atoms with Gasteiger partial charge in [0.1, 0.15) is 0 Å². The van der Waals surface area contributed by atoms with E-state index in [1.54, 1.807) is 0 Å². The number of ether oxygens (including phenoxy) is 1. The van der Waals surface area contributed by atoms with E-state index in [4.69, 9.17) is 0 Å². The van der Waals surface area contributed by atoms with Gasteiger partial charge >= 0.3 is 6.36 Å². The van der Waals surface area contributed by atoms with Gasteiger partial charge in [0.25, 0.3) is 0 Å². The van der Waals surface area contributed by atoms with E-state index >= 15 is 0 Å². The molecule has 33 heavy (non-hydrogen) atoms. The summed E-state index contributed by atoms with van der Waals surface area (Å²) in [7, 11) is 0. The predicted octanol–water partition coefficient (Wildman–Crippen LogP) is 5.21.